The van der Waals surface area contributed by atoms with Gasteiger partial charge in [-0.05, 0) is 45.8 Å². The van der Waals surface area contributed by atoms with E-state index in [4.69, 9.17) is 0 Å². The first-order valence-electron chi connectivity index (χ1n) is 6.55. The number of likely N-dealkylation sites (tertiary alicyclic amines) is 1. The van der Waals surface area contributed by atoms with Crippen molar-refractivity contribution in [1.29, 1.82) is 0 Å². The van der Waals surface area contributed by atoms with Crippen LogP contribution in [0.2, 0.25) is 0 Å². The molecule has 0 aliphatic carbocycles. The van der Waals surface area contributed by atoms with Crippen molar-refractivity contribution in [2.24, 2.45) is 13.0 Å². The van der Waals surface area contributed by atoms with Crippen LogP contribution in [0.1, 0.15) is 24.1 Å². The molecule has 0 amide bonds. The third-order valence-electron chi connectivity index (χ3n) is 3.83. The van der Waals surface area contributed by atoms with Crippen molar-refractivity contribution >= 4 is 0 Å². The van der Waals surface area contributed by atoms with Gasteiger partial charge in [-0.2, -0.15) is 5.10 Å². The molecule has 1 aromatic heterocycles. The highest BCUT2D eigenvalue weighted by Crippen LogP contribution is 2.18. The van der Waals surface area contributed by atoms with E-state index in [1.54, 1.807) is 0 Å². The first-order valence-corrected chi connectivity index (χ1v) is 6.55. The standard InChI is InChI=1S/C13H24N4/c1-11-13(8-15-16(11)3)10-17-6-4-5-12(9-17)7-14-2/h8,12,14H,4-7,9-10H2,1-3H3. The summed E-state index contributed by atoms with van der Waals surface area (Å²) in [5.41, 5.74) is 2.67. The fourth-order valence-corrected chi connectivity index (χ4v) is 2.69. The monoisotopic (exact) mass is 236 g/mol. The summed E-state index contributed by atoms with van der Waals surface area (Å²) in [5.74, 6) is 0.811. The van der Waals surface area contributed by atoms with Gasteiger partial charge in [0.2, 0.25) is 0 Å². The van der Waals surface area contributed by atoms with Crippen LogP contribution < -0.4 is 5.32 Å². The van der Waals surface area contributed by atoms with Gasteiger partial charge in [0.15, 0.2) is 0 Å². The summed E-state index contributed by atoms with van der Waals surface area (Å²) in [7, 11) is 4.06. The zero-order valence-electron chi connectivity index (χ0n) is 11.2. The van der Waals surface area contributed by atoms with Crippen LogP contribution in [0.25, 0.3) is 0 Å². The van der Waals surface area contributed by atoms with Crippen molar-refractivity contribution in [2.75, 3.05) is 26.7 Å². The molecule has 0 aromatic carbocycles. The number of aromatic nitrogens is 2. The molecule has 0 bridgehead atoms. The van der Waals surface area contributed by atoms with Gasteiger partial charge in [0, 0.05) is 31.4 Å². The lowest BCUT2D eigenvalue weighted by atomic mass is 9.97. The van der Waals surface area contributed by atoms with Gasteiger partial charge in [-0.25, -0.2) is 0 Å². The van der Waals surface area contributed by atoms with Crippen molar-refractivity contribution in [2.45, 2.75) is 26.3 Å². The molecule has 4 nitrogen and oxygen atoms in total. The second-order valence-corrected chi connectivity index (χ2v) is 5.18. The van der Waals surface area contributed by atoms with Crippen LogP contribution in [0.3, 0.4) is 0 Å². The van der Waals surface area contributed by atoms with E-state index in [-0.39, 0.29) is 0 Å². The zero-order valence-corrected chi connectivity index (χ0v) is 11.2. The van der Waals surface area contributed by atoms with E-state index in [9.17, 15) is 0 Å². The van der Waals surface area contributed by atoms with Gasteiger partial charge < -0.3 is 5.32 Å². The van der Waals surface area contributed by atoms with Crippen molar-refractivity contribution < 1.29 is 0 Å². The third kappa shape index (κ3) is 3.07. The molecule has 2 heterocycles. The topological polar surface area (TPSA) is 33.1 Å². The van der Waals surface area contributed by atoms with Gasteiger partial charge in [0.25, 0.3) is 0 Å². The van der Waals surface area contributed by atoms with E-state index in [0.717, 1.165) is 19.0 Å². The fourth-order valence-electron chi connectivity index (χ4n) is 2.69. The Morgan fingerprint density at radius 1 is 1.53 bits per heavy atom. The number of hydrogen-bond acceptors (Lipinski definition) is 3. The molecule has 1 aromatic rings. The van der Waals surface area contributed by atoms with Gasteiger partial charge in [-0.1, -0.05) is 0 Å². The lowest BCUT2D eigenvalue weighted by Crippen LogP contribution is -2.38. The SMILES string of the molecule is CNCC1CCCN(Cc2cnn(C)c2C)C1. The highest BCUT2D eigenvalue weighted by Gasteiger charge is 2.20. The van der Waals surface area contributed by atoms with E-state index in [0.29, 0.717) is 0 Å². The van der Waals surface area contributed by atoms with Gasteiger partial charge in [-0.3, -0.25) is 9.58 Å². The lowest BCUT2D eigenvalue weighted by molar-refractivity contribution is 0.166. The van der Waals surface area contributed by atoms with Crippen LogP contribution >= 0.6 is 0 Å². The van der Waals surface area contributed by atoms with Crippen molar-refractivity contribution in [1.82, 2.24) is 20.0 Å². The Morgan fingerprint density at radius 3 is 3.00 bits per heavy atom. The Labute approximate surface area is 104 Å². The minimum Gasteiger partial charge on any atom is -0.319 e. The Bertz CT molecular complexity index is 356. The number of rotatable bonds is 4. The first kappa shape index (κ1) is 12.6. The van der Waals surface area contributed by atoms with Crippen LogP contribution in [0.4, 0.5) is 0 Å². The largest absolute Gasteiger partial charge is 0.319 e. The van der Waals surface area contributed by atoms with Crippen molar-refractivity contribution in [3.63, 3.8) is 0 Å². The minimum atomic E-state index is 0.811. The number of nitrogens with zero attached hydrogens (tertiary/aromatic N) is 3. The molecule has 1 atom stereocenters. The molecular formula is C13H24N4. The van der Waals surface area contributed by atoms with Gasteiger partial charge in [0.05, 0.1) is 6.20 Å². The van der Waals surface area contributed by atoms with Gasteiger partial charge in [-0.15, -0.1) is 0 Å². The predicted molar refractivity (Wildman–Crippen MR) is 69.9 cm³/mol. The summed E-state index contributed by atoms with van der Waals surface area (Å²) < 4.78 is 1.96. The second kappa shape index (κ2) is 5.65. The molecular weight excluding hydrogens is 212 g/mol. The molecule has 4 heteroatoms. The van der Waals surface area contributed by atoms with Gasteiger partial charge >= 0.3 is 0 Å². The summed E-state index contributed by atoms with van der Waals surface area (Å²) in [5, 5.41) is 7.61. The van der Waals surface area contributed by atoms with Crippen molar-refractivity contribution in [3.05, 3.63) is 17.5 Å². The predicted octanol–water partition coefficient (Wildman–Crippen LogP) is 1.16. The highest BCUT2D eigenvalue weighted by molar-refractivity contribution is 5.15. The molecule has 96 valence electrons. The highest BCUT2D eigenvalue weighted by atomic mass is 15.3. The summed E-state index contributed by atoms with van der Waals surface area (Å²) in [6, 6.07) is 0. The molecule has 0 saturated carbocycles. The zero-order chi connectivity index (χ0) is 12.3. The van der Waals surface area contributed by atoms with Crippen LogP contribution in [-0.4, -0.2) is 41.4 Å². The van der Waals surface area contributed by atoms with Crippen LogP contribution in [-0.2, 0) is 13.6 Å². The Balaban J connectivity index is 1.92. The molecule has 1 saturated heterocycles. The van der Waals surface area contributed by atoms with E-state index in [2.05, 4.69) is 22.2 Å². The first-order chi connectivity index (χ1) is 8.20. The minimum absolute atomic E-state index is 0.811. The smallest absolute Gasteiger partial charge is 0.0537 e. The number of aryl methyl sites for hydroxylation is 1. The molecule has 2 rings (SSSR count). The number of piperidine rings is 1. The average molecular weight is 236 g/mol. The van der Waals surface area contributed by atoms with Crippen LogP contribution in [0.5, 0.6) is 0 Å². The average Bonchev–Trinajstić information content (AvgIpc) is 2.62. The van der Waals surface area contributed by atoms with Crippen LogP contribution in [0.15, 0.2) is 6.20 Å². The summed E-state index contributed by atoms with van der Waals surface area (Å²) >= 11 is 0. The van der Waals surface area contributed by atoms with E-state index in [1.807, 2.05) is 25.0 Å². The summed E-state index contributed by atoms with van der Waals surface area (Å²) in [6.07, 6.45) is 4.70. The maximum absolute atomic E-state index is 4.31. The number of hydrogen-bond donors (Lipinski definition) is 1. The molecule has 0 radical (unpaired) electrons. The van der Waals surface area contributed by atoms with E-state index >= 15 is 0 Å². The van der Waals surface area contributed by atoms with Gasteiger partial charge in [0.1, 0.15) is 0 Å². The second-order valence-electron chi connectivity index (χ2n) is 5.18. The fraction of sp³-hybridized carbons (Fsp3) is 0.769. The van der Waals surface area contributed by atoms with Crippen molar-refractivity contribution in [3.8, 4) is 0 Å². The Kier molecular flexibility index (Phi) is 4.18. The van der Waals surface area contributed by atoms with E-state index in [1.165, 1.54) is 37.2 Å². The summed E-state index contributed by atoms with van der Waals surface area (Å²) in [6.45, 7) is 6.80. The molecule has 1 aliphatic heterocycles. The molecule has 1 fully saturated rings. The van der Waals surface area contributed by atoms with E-state index < -0.39 is 0 Å². The molecule has 1 unspecified atom stereocenters. The Hall–Kier alpha value is -0.870. The molecule has 1 N–H and O–H groups in total. The lowest BCUT2D eigenvalue weighted by Gasteiger charge is -2.32. The van der Waals surface area contributed by atoms with Crippen LogP contribution in [0, 0.1) is 12.8 Å². The maximum Gasteiger partial charge on any atom is 0.0537 e. The Morgan fingerprint density at radius 2 is 2.35 bits per heavy atom. The summed E-state index contributed by atoms with van der Waals surface area (Å²) in [4.78, 5) is 2.56. The third-order valence-corrected chi connectivity index (χ3v) is 3.83. The molecule has 0 spiro atoms. The quantitative estimate of drug-likeness (QED) is 0.851. The molecule has 1 aliphatic rings. The maximum atomic E-state index is 4.31. The molecule has 17 heavy (non-hydrogen) atoms. The normalized spacial score (nSPS) is 21.9. The number of nitrogens with one attached hydrogen (secondary N) is 1.